The highest BCUT2D eigenvalue weighted by atomic mass is 16.7. The van der Waals surface area contributed by atoms with Crippen molar-refractivity contribution >= 4 is 5.97 Å². The first-order valence-corrected chi connectivity index (χ1v) is 17.3. The van der Waals surface area contributed by atoms with Crippen LogP contribution in [0, 0.1) is 56.7 Å². The van der Waals surface area contributed by atoms with Gasteiger partial charge in [-0.3, -0.25) is 4.79 Å². The molecular weight excluding hydrogens is 560 g/mol. The van der Waals surface area contributed by atoms with Gasteiger partial charge in [-0.05, 0) is 122 Å². The minimum atomic E-state index is -1.45. The van der Waals surface area contributed by atoms with Gasteiger partial charge in [0.2, 0.25) is 0 Å². The number of hydrogen-bond acceptors (Lipinski definition) is 7. The van der Waals surface area contributed by atoms with E-state index in [2.05, 4.69) is 48.1 Å². The quantitative estimate of drug-likeness (QED) is 0.217. The summed E-state index contributed by atoms with van der Waals surface area (Å²) < 4.78 is 12.2. The number of hydrogen-bond donors (Lipinski definition) is 5. The molecule has 0 aromatic carbocycles. The second-order valence-electron chi connectivity index (χ2n) is 17.3. The maximum atomic E-state index is 12.9. The molecule has 1 heterocycles. The molecule has 1 aliphatic heterocycles. The van der Waals surface area contributed by atoms with E-state index >= 15 is 0 Å². The van der Waals surface area contributed by atoms with Crippen LogP contribution in [-0.4, -0.2) is 74.9 Å². The first kappa shape index (κ1) is 32.9. The summed E-state index contributed by atoms with van der Waals surface area (Å²) in [6.45, 7) is 18.1. The third kappa shape index (κ3) is 4.26. The van der Waals surface area contributed by atoms with Crippen molar-refractivity contribution in [2.24, 2.45) is 56.7 Å². The lowest BCUT2D eigenvalue weighted by atomic mass is 9.32. The molecule has 6 aliphatic rings. The Bertz CT molecular complexity index is 1150. The zero-order valence-corrected chi connectivity index (χ0v) is 27.8. The van der Waals surface area contributed by atoms with E-state index in [4.69, 9.17) is 9.47 Å². The number of carboxylic acid groups (broad SMARTS) is 1. The Morgan fingerprint density at radius 1 is 0.841 bits per heavy atom. The first-order valence-electron chi connectivity index (χ1n) is 17.3. The molecule has 15 atom stereocenters. The van der Waals surface area contributed by atoms with E-state index in [-0.39, 0.29) is 39.6 Å². The first-order chi connectivity index (χ1) is 20.5. The molecule has 5 N–H and O–H groups in total. The Balaban J connectivity index is 1.27. The number of ether oxygens (including phenoxy) is 2. The molecule has 1 unspecified atom stereocenters. The van der Waals surface area contributed by atoms with Crippen molar-refractivity contribution in [1.82, 2.24) is 0 Å². The Kier molecular flexibility index (Phi) is 8.03. The van der Waals surface area contributed by atoms with Crippen LogP contribution in [0.25, 0.3) is 0 Å². The lowest BCUT2D eigenvalue weighted by Crippen LogP contribution is -2.67. The summed E-state index contributed by atoms with van der Waals surface area (Å²) in [5, 5.41) is 51.7. The molecule has 8 heteroatoms. The van der Waals surface area contributed by atoms with Crippen molar-refractivity contribution in [2.45, 2.75) is 143 Å². The fraction of sp³-hybridized carbons (Fsp3) is 0.917. The van der Waals surface area contributed by atoms with Gasteiger partial charge in [0.15, 0.2) is 6.29 Å². The predicted octanol–water partition coefficient (Wildman–Crippen LogP) is 4.91. The van der Waals surface area contributed by atoms with E-state index in [1.54, 1.807) is 0 Å². The molecule has 5 aliphatic carbocycles. The number of aliphatic carboxylic acids is 1. The highest BCUT2D eigenvalue weighted by molar-refractivity contribution is 5.76. The molecule has 5 saturated carbocycles. The van der Waals surface area contributed by atoms with Crippen LogP contribution in [0.15, 0.2) is 12.2 Å². The summed E-state index contributed by atoms with van der Waals surface area (Å²) >= 11 is 0. The average molecular weight is 619 g/mol. The lowest BCUT2D eigenvalue weighted by Gasteiger charge is -2.73. The minimum Gasteiger partial charge on any atom is -0.481 e. The molecule has 0 spiro atoms. The maximum absolute atomic E-state index is 12.9. The smallest absolute Gasteiger partial charge is 0.309 e. The number of aliphatic hydroxyl groups excluding tert-OH is 4. The Hall–Kier alpha value is -1.03. The van der Waals surface area contributed by atoms with Crippen molar-refractivity contribution in [2.75, 3.05) is 6.61 Å². The van der Waals surface area contributed by atoms with E-state index < -0.39 is 48.7 Å². The number of rotatable bonds is 5. The van der Waals surface area contributed by atoms with Gasteiger partial charge in [0.05, 0.1) is 18.1 Å². The summed E-state index contributed by atoms with van der Waals surface area (Å²) in [5.74, 6) is 1.15. The van der Waals surface area contributed by atoms with Crippen LogP contribution < -0.4 is 0 Å². The van der Waals surface area contributed by atoms with Crippen molar-refractivity contribution < 1.29 is 39.8 Å². The second-order valence-corrected chi connectivity index (χ2v) is 17.3. The van der Waals surface area contributed by atoms with Crippen LogP contribution in [0.4, 0.5) is 0 Å². The Morgan fingerprint density at radius 2 is 1.55 bits per heavy atom. The number of allylic oxidation sites excluding steroid dienone is 1. The average Bonchev–Trinajstić information content (AvgIpc) is 3.36. The van der Waals surface area contributed by atoms with Gasteiger partial charge in [0.1, 0.15) is 24.4 Å². The summed E-state index contributed by atoms with van der Waals surface area (Å²) in [4.78, 5) is 12.9. The van der Waals surface area contributed by atoms with Gasteiger partial charge in [-0.15, -0.1) is 0 Å². The van der Waals surface area contributed by atoms with E-state index in [1.165, 1.54) is 0 Å². The molecule has 0 amide bonds. The van der Waals surface area contributed by atoms with Gasteiger partial charge >= 0.3 is 5.97 Å². The zero-order chi connectivity index (χ0) is 32.2. The molecule has 0 radical (unpaired) electrons. The summed E-state index contributed by atoms with van der Waals surface area (Å²) in [6.07, 6.45) is 3.05. The molecule has 0 aromatic rings. The number of carbonyl (C=O) groups is 1. The van der Waals surface area contributed by atoms with E-state index in [0.717, 1.165) is 69.8 Å². The fourth-order valence-corrected chi connectivity index (χ4v) is 13.1. The van der Waals surface area contributed by atoms with Crippen LogP contribution in [0.2, 0.25) is 0 Å². The van der Waals surface area contributed by atoms with Gasteiger partial charge < -0.3 is 35.0 Å². The van der Waals surface area contributed by atoms with E-state index in [9.17, 15) is 30.3 Å². The van der Waals surface area contributed by atoms with Crippen molar-refractivity contribution in [3.8, 4) is 0 Å². The highest BCUT2D eigenvalue weighted by Gasteiger charge is 2.72. The summed E-state index contributed by atoms with van der Waals surface area (Å²) in [6, 6.07) is 0. The van der Waals surface area contributed by atoms with Crippen molar-refractivity contribution in [3.63, 3.8) is 0 Å². The van der Waals surface area contributed by atoms with Gasteiger partial charge in [0, 0.05) is 0 Å². The third-order valence-electron chi connectivity index (χ3n) is 15.6. The van der Waals surface area contributed by atoms with E-state index in [0.29, 0.717) is 17.8 Å². The largest absolute Gasteiger partial charge is 0.481 e. The SMILES string of the molecule is C=C(C)[C@@H]1CC[C@]2(C(=O)O)CC[C@]3(C)[C@H](CC[C@@H]4[C@@]5(C)CCC(O[C@@H]6O[C@H](CO)[C@@H](O)[C@H](O)[C@H]6O)C(C)(C)[C@@H]5CC[C@]43C)[C@@H]12. The molecule has 8 nitrogen and oxygen atoms in total. The standard InChI is InChI=1S/C36H58O8/c1-19(2)20-10-15-36(31(41)42)17-16-34(6)21(26(20)36)8-9-24-33(5)13-12-25(32(3,4)23(33)11-14-35(24,34)7)44-30-29(40)28(39)27(38)22(18-37)43-30/h20-30,37-40H,1,8-18H2,2-7H3,(H,41,42)/t20-,21+,22+,23-,24+,25?,26+,27+,28-,29+,30-,33-,34+,35+,36-/m0/s1. The van der Waals surface area contributed by atoms with Crippen LogP contribution in [-0.2, 0) is 14.3 Å². The van der Waals surface area contributed by atoms with E-state index in [1.807, 2.05) is 0 Å². The topological polar surface area (TPSA) is 137 Å². The van der Waals surface area contributed by atoms with Crippen LogP contribution >= 0.6 is 0 Å². The van der Waals surface area contributed by atoms with Crippen LogP contribution in [0.3, 0.4) is 0 Å². The van der Waals surface area contributed by atoms with Crippen molar-refractivity contribution in [3.05, 3.63) is 12.2 Å². The maximum Gasteiger partial charge on any atom is 0.309 e. The molecule has 250 valence electrons. The molecule has 0 bridgehead atoms. The monoisotopic (exact) mass is 618 g/mol. The Labute approximate surface area is 263 Å². The third-order valence-corrected chi connectivity index (χ3v) is 15.6. The van der Waals surface area contributed by atoms with Crippen LogP contribution in [0.5, 0.6) is 0 Å². The normalized spacial score (nSPS) is 54.8. The molecule has 6 fully saturated rings. The van der Waals surface area contributed by atoms with Gasteiger partial charge in [0.25, 0.3) is 0 Å². The number of fused-ring (bicyclic) bond motifs is 7. The Morgan fingerprint density at radius 3 is 2.18 bits per heavy atom. The second kappa shape index (κ2) is 10.7. The van der Waals surface area contributed by atoms with Gasteiger partial charge in [-0.2, -0.15) is 0 Å². The summed E-state index contributed by atoms with van der Waals surface area (Å²) in [7, 11) is 0. The lowest BCUT2D eigenvalue weighted by molar-refractivity contribution is -0.331. The molecule has 1 saturated heterocycles. The fourth-order valence-electron chi connectivity index (χ4n) is 13.1. The van der Waals surface area contributed by atoms with Crippen molar-refractivity contribution in [1.29, 1.82) is 0 Å². The minimum absolute atomic E-state index is 0.0688. The van der Waals surface area contributed by atoms with Crippen LogP contribution in [0.1, 0.15) is 106 Å². The molecule has 0 aromatic heterocycles. The number of carboxylic acids is 1. The number of aliphatic hydroxyl groups is 4. The molecule has 44 heavy (non-hydrogen) atoms. The molecular formula is C36H58O8. The highest BCUT2D eigenvalue weighted by Crippen LogP contribution is 2.77. The summed E-state index contributed by atoms with van der Waals surface area (Å²) in [5.41, 5.74) is 0.579. The van der Waals surface area contributed by atoms with Gasteiger partial charge in [-0.25, -0.2) is 0 Å². The zero-order valence-electron chi connectivity index (χ0n) is 27.8. The van der Waals surface area contributed by atoms with Gasteiger partial charge in [-0.1, -0.05) is 46.8 Å². The molecule has 6 rings (SSSR count). The predicted molar refractivity (Wildman–Crippen MR) is 165 cm³/mol.